The fourth-order valence-electron chi connectivity index (χ4n) is 3.04. The van der Waals surface area contributed by atoms with E-state index < -0.39 is 6.04 Å². The Bertz CT molecular complexity index is 767. The summed E-state index contributed by atoms with van der Waals surface area (Å²) in [5.41, 5.74) is 7.11. The van der Waals surface area contributed by atoms with Gasteiger partial charge in [-0.1, -0.05) is 30.3 Å². The van der Waals surface area contributed by atoms with Crippen molar-refractivity contribution in [1.82, 2.24) is 4.57 Å². The Hall–Kier alpha value is -2.44. The second-order valence-electron chi connectivity index (χ2n) is 6.31. The number of pyridine rings is 1. The highest BCUT2D eigenvalue weighted by Crippen LogP contribution is 2.18. The van der Waals surface area contributed by atoms with Gasteiger partial charge in [0.15, 0.2) is 0 Å². The number of ether oxygens (including phenoxy) is 1. The summed E-state index contributed by atoms with van der Waals surface area (Å²) in [6.45, 7) is 1.71. The van der Waals surface area contributed by atoms with Gasteiger partial charge in [-0.05, 0) is 36.5 Å². The van der Waals surface area contributed by atoms with E-state index in [4.69, 9.17) is 10.5 Å². The van der Waals surface area contributed by atoms with Gasteiger partial charge in [-0.2, -0.15) is 0 Å². The number of hydrogen-bond acceptors (Lipinski definition) is 4. The molecule has 25 heavy (non-hydrogen) atoms. The minimum absolute atomic E-state index is 0.0870. The first kappa shape index (κ1) is 17.4. The van der Waals surface area contributed by atoms with Crippen molar-refractivity contribution < 1.29 is 9.53 Å². The van der Waals surface area contributed by atoms with Crippen LogP contribution in [0.4, 0.5) is 5.69 Å². The Kier molecular flexibility index (Phi) is 5.63. The lowest BCUT2D eigenvalue weighted by Gasteiger charge is -2.26. The largest absolute Gasteiger partial charge is 0.381 e. The van der Waals surface area contributed by atoms with Gasteiger partial charge in [0.2, 0.25) is 5.91 Å². The van der Waals surface area contributed by atoms with Crippen LogP contribution in [0, 0.1) is 5.92 Å². The summed E-state index contributed by atoms with van der Waals surface area (Å²) >= 11 is 0. The monoisotopic (exact) mass is 341 g/mol. The fraction of sp³-hybridized carbons (Fsp3) is 0.368. The molecule has 132 valence electrons. The van der Waals surface area contributed by atoms with E-state index in [-0.39, 0.29) is 23.1 Å². The van der Waals surface area contributed by atoms with Gasteiger partial charge in [0, 0.05) is 19.4 Å². The standard InChI is InChI=1S/C19H23N3O3/c20-17(15-8-11-25-12-9-15)18(23)21-16-7-4-10-22(19(16)24)13-14-5-2-1-3-6-14/h1-7,10,15,17H,8-9,11-13,20H2,(H,21,23). The molecule has 1 aromatic heterocycles. The number of nitrogens with zero attached hydrogens (tertiary/aromatic N) is 1. The van der Waals surface area contributed by atoms with Crippen molar-refractivity contribution in [3.05, 3.63) is 64.6 Å². The SMILES string of the molecule is NC(C(=O)Nc1cccn(Cc2ccccc2)c1=O)C1CCOCC1. The van der Waals surface area contributed by atoms with Crippen LogP contribution in [0.2, 0.25) is 0 Å². The quantitative estimate of drug-likeness (QED) is 0.865. The molecular formula is C19H23N3O3. The van der Waals surface area contributed by atoms with Crippen LogP contribution >= 0.6 is 0 Å². The van der Waals surface area contributed by atoms with Crippen molar-refractivity contribution in [2.75, 3.05) is 18.5 Å². The van der Waals surface area contributed by atoms with Gasteiger partial charge in [-0.25, -0.2) is 0 Å². The van der Waals surface area contributed by atoms with Gasteiger partial charge in [0.05, 0.1) is 12.6 Å². The van der Waals surface area contributed by atoms with E-state index in [1.54, 1.807) is 22.9 Å². The van der Waals surface area contributed by atoms with Crippen molar-refractivity contribution in [2.45, 2.75) is 25.4 Å². The van der Waals surface area contributed by atoms with Crippen LogP contribution < -0.4 is 16.6 Å². The van der Waals surface area contributed by atoms with E-state index >= 15 is 0 Å². The summed E-state index contributed by atoms with van der Waals surface area (Å²) in [5, 5.41) is 2.70. The molecule has 1 aromatic carbocycles. The zero-order valence-electron chi connectivity index (χ0n) is 14.1. The van der Waals surface area contributed by atoms with Gasteiger partial charge in [-0.15, -0.1) is 0 Å². The number of carbonyl (C=O) groups is 1. The average Bonchev–Trinajstić information content (AvgIpc) is 2.66. The molecule has 3 N–H and O–H groups in total. The molecule has 6 heteroatoms. The molecular weight excluding hydrogens is 318 g/mol. The number of carbonyl (C=O) groups excluding carboxylic acids is 1. The van der Waals surface area contributed by atoms with Crippen LogP contribution in [0.5, 0.6) is 0 Å². The van der Waals surface area contributed by atoms with Gasteiger partial charge < -0.3 is 20.4 Å². The number of aromatic nitrogens is 1. The van der Waals surface area contributed by atoms with Crippen LogP contribution in [0.3, 0.4) is 0 Å². The second kappa shape index (κ2) is 8.09. The molecule has 2 heterocycles. The van der Waals surface area contributed by atoms with Crippen LogP contribution in [-0.2, 0) is 16.1 Å². The lowest BCUT2D eigenvalue weighted by Crippen LogP contribution is -2.44. The number of rotatable bonds is 5. The fourth-order valence-corrected chi connectivity index (χ4v) is 3.04. The number of nitrogens with one attached hydrogen (secondary N) is 1. The maximum absolute atomic E-state index is 12.6. The van der Waals surface area contributed by atoms with Gasteiger partial charge in [0.1, 0.15) is 5.69 Å². The molecule has 1 unspecified atom stereocenters. The third-order valence-corrected chi connectivity index (χ3v) is 4.55. The Balaban J connectivity index is 1.71. The lowest BCUT2D eigenvalue weighted by molar-refractivity contribution is -0.119. The number of amides is 1. The molecule has 3 rings (SSSR count). The first-order chi connectivity index (χ1) is 12.1. The summed E-state index contributed by atoms with van der Waals surface area (Å²) in [4.78, 5) is 25.0. The van der Waals surface area contributed by atoms with Gasteiger partial charge in [-0.3, -0.25) is 9.59 Å². The second-order valence-corrected chi connectivity index (χ2v) is 6.31. The van der Waals surface area contributed by atoms with Crippen molar-refractivity contribution in [1.29, 1.82) is 0 Å². The van der Waals surface area contributed by atoms with E-state index in [2.05, 4.69) is 5.32 Å². The summed E-state index contributed by atoms with van der Waals surface area (Å²) in [6.07, 6.45) is 3.24. The molecule has 1 aliphatic heterocycles. The van der Waals surface area contributed by atoms with E-state index in [1.165, 1.54) is 0 Å². The zero-order valence-corrected chi connectivity index (χ0v) is 14.1. The number of benzene rings is 1. The third-order valence-electron chi connectivity index (χ3n) is 4.55. The molecule has 0 spiro atoms. The van der Waals surface area contributed by atoms with E-state index in [9.17, 15) is 9.59 Å². The maximum atomic E-state index is 12.6. The van der Waals surface area contributed by atoms with Crippen molar-refractivity contribution in [3.63, 3.8) is 0 Å². The molecule has 1 saturated heterocycles. The predicted octanol–water partition coefficient (Wildman–Crippen LogP) is 1.59. The van der Waals surface area contributed by atoms with Crippen molar-refractivity contribution in [3.8, 4) is 0 Å². The van der Waals surface area contributed by atoms with E-state index in [0.717, 1.165) is 18.4 Å². The smallest absolute Gasteiger partial charge is 0.274 e. The number of nitrogens with two attached hydrogens (primary N) is 1. The number of anilines is 1. The Morgan fingerprint density at radius 1 is 1.20 bits per heavy atom. The molecule has 1 atom stereocenters. The summed E-state index contributed by atoms with van der Waals surface area (Å²) in [6, 6.07) is 12.4. The molecule has 1 amide bonds. The molecule has 0 aliphatic carbocycles. The van der Waals surface area contributed by atoms with Crippen molar-refractivity contribution in [2.24, 2.45) is 11.7 Å². The van der Waals surface area contributed by atoms with Gasteiger partial charge >= 0.3 is 0 Å². The molecule has 0 saturated carbocycles. The molecule has 1 fully saturated rings. The Morgan fingerprint density at radius 3 is 2.64 bits per heavy atom. The topological polar surface area (TPSA) is 86.4 Å². The number of hydrogen-bond donors (Lipinski definition) is 2. The molecule has 0 bridgehead atoms. The van der Waals surface area contributed by atoms with Gasteiger partial charge in [0.25, 0.3) is 5.56 Å². The first-order valence-electron chi connectivity index (χ1n) is 8.53. The highest BCUT2D eigenvalue weighted by molar-refractivity contribution is 5.94. The molecule has 6 nitrogen and oxygen atoms in total. The van der Waals surface area contributed by atoms with E-state index in [0.29, 0.717) is 19.8 Å². The Morgan fingerprint density at radius 2 is 1.92 bits per heavy atom. The van der Waals surface area contributed by atoms with Crippen LogP contribution in [0.1, 0.15) is 18.4 Å². The van der Waals surface area contributed by atoms with Crippen LogP contribution in [0.15, 0.2) is 53.5 Å². The highest BCUT2D eigenvalue weighted by atomic mass is 16.5. The molecule has 2 aromatic rings. The maximum Gasteiger partial charge on any atom is 0.274 e. The van der Waals surface area contributed by atoms with Crippen molar-refractivity contribution >= 4 is 11.6 Å². The normalized spacial score (nSPS) is 16.4. The summed E-state index contributed by atoms with van der Waals surface area (Å²) in [7, 11) is 0. The first-order valence-corrected chi connectivity index (χ1v) is 8.53. The molecule has 0 radical (unpaired) electrons. The summed E-state index contributed by atoms with van der Waals surface area (Å²) in [5.74, 6) is -0.231. The third kappa shape index (κ3) is 4.35. The minimum atomic E-state index is -0.633. The van der Waals surface area contributed by atoms with E-state index in [1.807, 2.05) is 30.3 Å². The van der Waals surface area contributed by atoms with Crippen LogP contribution in [0.25, 0.3) is 0 Å². The molecule has 1 aliphatic rings. The highest BCUT2D eigenvalue weighted by Gasteiger charge is 2.27. The summed E-state index contributed by atoms with van der Waals surface area (Å²) < 4.78 is 6.87. The lowest BCUT2D eigenvalue weighted by atomic mass is 9.92. The average molecular weight is 341 g/mol. The van der Waals surface area contributed by atoms with Crippen LogP contribution in [-0.4, -0.2) is 29.7 Å². The minimum Gasteiger partial charge on any atom is -0.381 e. The Labute approximate surface area is 146 Å². The zero-order chi connectivity index (χ0) is 17.6. The predicted molar refractivity (Wildman–Crippen MR) is 96.4 cm³/mol.